The zero-order chi connectivity index (χ0) is 11.3. The lowest BCUT2D eigenvalue weighted by Crippen LogP contribution is -1.90. The Morgan fingerprint density at radius 1 is 1.13 bits per heavy atom. The topological polar surface area (TPSA) is 17.8 Å². The van der Waals surface area contributed by atoms with Crippen LogP contribution in [-0.4, -0.2) is 9.55 Å². The molecule has 2 aromatic rings. The summed E-state index contributed by atoms with van der Waals surface area (Å²) in [6.45, 7) is 4.00. The third-order valence-electron chi connectivity index (χ3n) is 1.92. The van der Waals surface area contributed by atoms with E-state index in [1.807, 2.05) is 31.7 Å². The van der Waals surface area contributed by atoms with Crippen molar-refractivity contribution >= 4 is 0 Å². The Balaban J connectivity index is 0.000000531. The van der Waals surface area contributed by atoms with E-state index >= 15 is 0 Å². The lowest BCUT2D eigenvalue weighted by Gasteiger charge is -2.00. The minimum absolute atomic E-state index is 0.224. The number of hydrogen-bond acceptors (Lipinski definition) is 1. The third kappa shape index (κ3) is 2.65. The van der Waals surface area contributed by atoms with Crippen molar-refractivity contribution in [2.24, 2.45) is 7.05 Å². The van der Waals surface area contributed by atoms with Crippen LogP contribution in [0.25, 0.3) is 11.4 Å². The molecule has 0 aliphatic rings. The SMILES string of the molecule is CC.Cn1ccnc1-c1ccc(F)cc1. The monoisotopic (exact) mass is 206 g/mol. The Bertz CT molecular complexity index is 404. The van der Waals surface area contributed by atoms with Gasteiger partial charge < -0.3 is 4.57 Å². The molecule has 0 fully saturated rings. The Morgan fingerprint density at radius 2 is 1.73 bits per heavy atom. The Kier molecular flexibility index (Phi) is 4.03. The molecular formula is C12H15FN2. The predicted octanol–water partition coefficient (Wildman–Crippen LogP) is 3.25. The van der Waals surface area contributed by atoms with Crippen LogP contribution in [0.2, 0.25) is 0 Å². The zero-order valence-corrected chi connectivity index (χ0v) is 9.24. The summed E-state index contributed by atoms with van der Waals surface area (Å²) in [4.78, 5) is 4.16. The van der Waals surface area contributed by atoms with Crippen molar-refractivity contribution in [2.75, 3.05) is 0 Å². The van der Waals surface area contributed by atoms with Gasteiger partial charge in [-0.25, -0.2) is 9.37 Å². The molecule has 0 saturated heterocycles. The highest BCUT2D eigenvalue weighted by Crippen LogP contribution is 2.16. The summed E-state index contributed by atoms with van der Waals surface area (Å²) in [6, 6.07) is 6.31. The van der Waals surface area contributed by atoms with Gasteiger partial charge in [0, 0.05) is 25.0 Å². The maximum absolute atomic E-state index is 12.6. The van der Waals surface area contributed by atoms with Crippen LogP contribution >= 0.6 is 0 Å². The summed E-state index contributed by atoms with van der Waals surface area (Å²) >= 11 is 0. The zero-order valence-electron chi connectivity index (χ0n) is 9.24. The van der Waals surface area contributed by atoms with Gasteiger partial charge >= 0.3 is 0 Å². The van der Waals surface area contributed by atoms with E-state index in [0.717, 1.165) is 11.4 Å². The number of benzene rings is 1. The van der Waals surface area contributed by atoms with Gasteiger partial charge in [-0.2, -0.15) is 0 Å². The highest BCUT2D eigenvalue weighted by Gasteiger charge is 2.01. The number of hydrogen-bond donors (Lipinski definition) is 0. The van der Waals surface area contributed by atoms with Gasteiger partial charge in [-0.15, -0.1) is 0 Å². The first-order chi connectivity index (χ1) is 7.27. The Labute approximate surface area is 89.4 Å². The van der Waals surface area contributed by atoms with E-state index in [-0.39, 0.29) is 5.82 Å². The quantitative estimate of drug-likeness (QED) is 0.700. The van der Waals surface area contributed by atoms with Crippen LogP contribution < -0.4 is 0 Å². The lowest BCUT2D eigenvalue weighted by molar-refractivity contribution is 0.628. The third-order valence-corrected chi connectivity index (χ3v) is 1.92. The molecule has 15 heavy (non-hydrogen) atoms. The van der Waals surface area contributed by atoms with Crippen molar-refractivity contribution in [3.8, 4) is 11.4 Å². The van der Waals surface area contributed by atoms with Crippen molar-refractivity contribution in [1.82, 2.24) is 9.55 Å². The summed E-state index contributed by atoms with van der Waals surface area (Å²) < 4.78 is 14.5. The molecule has 0 saturated carbocycles. The molecular weight excluding hydrogens is 191 g/mol. The molecule has 0 N–H and O–H groups in total. The van der Waals surface area contributed by atoms with Crippen LogP contribution in [0, 0.1) is 5.82 Å². The van der Waals surface area contributed by atoms with E-state index in [4.69, 9.17) is 0 Å². The first kappa shape index (κ1) is 11.4. The number of halogens is 1. The summed E-state index contributed by atoms with van der Waals surface area (Å²) in [6.07, 6.45) is 3.58. The van der Waals surface area contributed by atoms with Crippen molar-refractivity contribution in [1.29, 1.82) is 0 Å². The minimum atomic E-state index is -0.224. The van der Waals surface area contributed by atoms with Crippen molar-refractivity contribution in [3.63, 3.8) is 0 Å². The van der Waals surface area contributed by atoms with Gasteiger partial charge in [-0.3, -0.25) is 0 Å². The fourth-order valence-electron chi connectivity index (χ4n) is 1.24. The van der Waals surface area contributed by atoms with Gasteiger partial charge in [-0.05, 0) is 24.3 Å². The molecule has 2 rings (SSSR count). The average Bonchev–Trinajstić information content (AvgIpc) is 2.69. The highest BCUT2D eigenvalue weighted by atomic mass is 19.1. The highest BCUT2D eigenvalue weighted by molar-refractivity contribution is 5.54. The predicted molar refractivity (Wildman–Crippen MR) is 60.0 cm³/mol. The summed E-state index contributed by atoms with van der Waals surface area (Å²) in [5.41, 5.74) is 0.925. The lowest BCUT2D eigenvalue weighted by atomic mass is 10.2. The van der Waals surface area contributed by atoms with Gasteiger partial charge in [0.1, 0.15) is 11.6 Å². The van der Waals surface area contributed by atoms with E-state index in [9.17, 15) is 4.39 Å². The van der Waals surface area contributed by atoms with Crippen LogP contribution in [0.15, 0.2) is 36.7 Å². The molecule has 0 unspecified atom stereocenters. The molecule has 1 aromatic heterocycles. The summed E-state index contributed by atoms with van der Waals surface area (Å²) in [7, 11) is 1.91. The molecule has 0 amide bonds. The number of aromatic nitrogens is 2. The second-order valence-electron chi connectivity index (χ2n) is 2.87. The van der Waals surface area contributed by atoms with E-state index in [2.05, 4.69) is 4.98 Å². The van der Waals surface area contributed by atoms with Crippen molar-refractivity contribution < 1.29 is 4.39 Å². The average molecular weight is 206 g/mol. The Morgan fingerprint density at radius 3 is 2.20 bits per heavy atom. The molecule has 0 atom stereocenters. The molecule has 3 heteroatoms. The second kappa shape index (κ2) is 5.29. The van der Waals surface area contributed by atoms with Crippen LogP contribution in [-0.2, 0) is 7.05 Å². The molecule has 0 radical (unpaired) electrons. The first-order valence-electron chi connectivity index (χ1n) is 5.00. The van der Waals surface area contributed by atoms with Crippen LogP contribution in [0.3, 0.4) is 0 Å². The van der Waals surface area contributed by atoms with E-state index in [1.54, 1.807) is 18.3 Å². The van der Waals surface area contributed by atoms with Gasteiger partial charge in [0.25, 0.3) is 0 Å². The first-order valence-corrected chi connectivity index (χ1v) is 5.00. The number of imidazole rings is 1. The van der Waals surface area contributed by atoms with Gasteiger partial charge in [0.05, 0.1) is 0 Å². The molecule has 1 heterocycles. The fourth-order valence-corrected chi connectivity index (χ4v) is 1.24. The second-order valence-corrected chi connectivity index (χ2v) is 2.87. The molecule has 0 spiro atoms. The molecule has 80 valence electrons. The van der Waals surface area contributed by atoms with Crippen LogP contribution in [0.5, 0.6) is 0 Å². The maximum Gasteiger partial charge on any atom is 0.139 e. The molecule has 0 aliphatic heterocycles. The normalized spacial score (nSPS) is 9.33. The number of rotatable bonds is 1. The van der Waals surface area contributed by atoms with Gasteiger partial charge in [0.15, 0.2) is 0 Å². The molecule has 0 aliphatic carbocycles. The molecule has 1 aromatic carbocycles. The van der Waals surface area contributed by atoms with Crippen molar-refractivity contribution in [2.45, 2.75) is 13.8 Å². The summed E-state index contributed by atoms with van der Waals surface area (Å²) in [5.74, 6) is 0.623. The standard InChI is InChI=1S/C10H9FN2.C2H6/c1-13-7-6-12-10(13)8-2-4-9(11)5-3-8;1-2/h2-7H,1H3;1-2H3. The van der Waals surface area contributed by atoms with E-state index in [1.165, 1.54) is 12.1 Å². The summed E-state index contributed by atoms with van der Waals surface area (Å²) in [5, 5.41) is 0. The van der Waals surface area contributed by atoms with E-state index in [0.29, 0.717) is 0 Å². The Hall–Kier alpha value is -1.64. The van der Waals surface area contributed by atoms with Crippen molar-refractivity contribution in [3.05, 3.63) is 42.5 Å². The number of nitrogens with zero attached hydrogens (tertiary/aromatic N) is 2. The van der Waals surface area contributed by atoms with Crippen LogP contribution in [0.1, 0.15) is 13.8 Å². The number of aryl methyl sites for hydroxylation is 1. The largest absolute Gasteiger partial charge is 0.334 e. The molecule has 2 nitrogen and oxygen atoms in total. The van der Waals surface area contributed by atoms with Gasteiger partial charge in [-0.1, -0.05) is 13.8 Å². The smallest absolute Gasteiger partial charge is 0.139 e. The fraction of sp³-hybridized carbons (Fsp3) is 0.250. The van der Waals surface area contributed by atoms with Crippen LogP contribution in [0.4, 0.5) is 4.39 Å². The maximum atomic E-state index is 12.6. The van der Waals surface area contributed by atoms with Gasteiger partial charge in [0.2, 0.25) is 0 Å². The minimum Gasteiger partial charge on any atom is -0.334 e. The molecule has 0 bridgehead atoms. The van der Waals surface area contributed by atoms with E-state index < -0.39 is 0 Å².